The van der Waals surface area contributed by atoms with E-state index in [-0.39, 0.29) is 26.0 Å². The number of hydrogen-bond donors (Lipinski definition) is 1. The third kappa shape index (κ3) is 2.59. The first-order valence-electron chi connectivity index (χ1n) is 9.08. The fourth-order valence-electron chi connectivity index (χ4n) is 4.12. The molecule has 1 N–H and O–H groups in total. The predicted molar refractivity (Wildman–Crippen MR) is 99.2 cm³/mol. The molecule has 0 bridgehead atoms. The van der Waals surface area contributed by atoms with Crippen molar-refractivity contribution in [1.82, 2.24) is 4.90 Å². The number of methoxy groups -OCH3 is 1. The summed E-state index contributed by atoms with van der Waals surface area (Å²) in [6.45, 7) is 1.23. The van der Waals surface area contributed by atoms with Gasteiger partial charge in [0.25, 0.3) is 0 Å². The van der Waals surface area contributed by atoms with Crippen LogP contribution in [0.3, 0.4) is 0 Å². The van der Waals surface area contributed by atoms with Gasteiger partial charge in [-0.1, -0.05) is 6.07 Å². The van der Waals surface area contributed by atoms with Gasteiger partial charge in [0, 0.05) is 18.3 Å². The first kappa shape index (κ1) is 16.3. The van der Waals surface area contributed by atoms with Gasteiger partial charge in [-0.3, -0.25) is 0 Å². The highest BCUT2D eigenvalue weighted by molar-refractivity contribution is 5.64. The van der Waals surface area contributed by atoms with Crippen LogP contribution in [0, 0.1) is 0 Å². The molecule has 6 nitrogen and oxygen atoms in total. The maximum Gasteiger partial charge on any atom is 0.231 e. The molecule has 3 aliphatic heterocycles. The summed E-state index contributed by atoms with van der Waals surface area (Å²) >= 11 is 0. The van der Waals surface area contributed by atoms with Gasteiger partial charge in [-0.25, -0.2) is 0 Å². The van der Waals surface area contributed by atoms with Crippen LogP contribution in [-0.2, 0) is 13.0 Å². The van der Waals surface area contributed by atoms with E-state index in [0.29, 0.717) is 5.75 Å². The second-order valence-electron chi connectivity index (χ2n) is 6.85. The Labute approximate surface area is 157 Å². The van der Waals surface area contributed by atoms with Crippen LogP contribution < -0.4 is 18.9 Å². The number of ether oxygens (including phenoxy) is 4. The summed E-state index contributed by atoms with van der Waals surface area (Å²) in [5.41, 5.74) is 4.78. The van der Waals surface area contributed by atoms with E-state index in [1.807, 2.05) is 6.07 Å². The number of aliphatic hydroxyl groups is 1. The number of benzene rings is 2. The van der Waals surface area contributed by atoms with Crippen LogP contribution in [0.2, 0.25) is 0 Å². The molecule has 0 aromatic heterocycles. The van der Waals surface area contributed by atoms with Gasteiger partial charge in [-0.15, -0.1) is 0 Å². The summed E-state index contributed by atoms with van der Waals surface area (Å²) in [7, 11) is 1.64. The zero-order chi connectivity index (χ0) is 18.4. The Kier molecular flexibility index (Phi) is 3.86. The Balaban J connectivity index is 1.54. The zero-order valence-electron chi connectivity index (χ0n) is 15.1. The lowest BCUT2D eigenvalue weighted by atomic mass is 9.85. The Morgan fingerprint density at radius 1 is 1.22 bits per heavy atom. The average molecular weight is 367 g/mol. The third-order valence-electron chi connectivity index (χ3n) is 5.42. The Bertz CT molecular complexity index is 923. The molecular weight excluding hydrogens is 346 g/mol. The largest absolute Gasteiger partial charge is 0.493 e. The lowest BCUT2D eigenvalue weighted by Gasteiger charge is -2.40. The van der Waals surface area contributed by atoms with Crippen molar-refractivity contribution in [3.63, 3.8) is 0 Å². The van der Waals surface area contributed by atoms with Crippen LogP contribution in [0.15, 0.2) is 30.5 Å². The molecule has 3 aliphatic rings. The molecule has 0 aliphatic carbocycles. The van der Waals surface area contributed by atoms with Crippen LogP contribution in [-0.4, -0.2) is 37.1 Å². The number of fused-ring (bicyclic) bond motifs is 5. The van der Waals surface area contributed by atoms with Gasteiger partial charge in [-0.05, 0) is 47.4 Å². The molecule has 27 heavy (non-hydrogen) atoms. The molecule has 0 saturated heterocycles. The van der Waals surface area contributed by atoms with Crippen molar-refractivity contribution >= 4 is 6.08 Å². The van der Waals surface area contributed by atoms with Crippen molar-refractivity contribution < 1.29 is 24.1 Å². The highest BCUT2D eigenvalue weighted by atomic mass is 16.7. The van der Waals surface area contributed by atoms with Gasteiger partial charge in [0.2, 0.25) is 6.79 Å². The number of aliphatic hydroxyl groups excluding tert-OH is 1. The van der Waals surface area contributed by atoms with Crippen LogP contribution in [0.5, 0.6) is 23.0 Å². The summed E-state index contributed by atoms with van der Waals surface area (Å²) in [6.07, 6.45) is 5.12. The van der Waals surface area contributed by atoms with E-state index in [2.05, 4.69) is 35.4 Å². The van der Waals surface area contributed by atoms with E-state index in [9.17, 15) is 0 Å². The van der Waals surface area contributed by atoms with Crippen molar-refractivity contribution in [1.29, 1.82) is 0 Å². The molecule has 2 aromatic rings. The molecule has 0 amide bonds. The van der Waals surface area contributed by atoms with Gasteiger partial charge < -0.3 is 29.0 Å². The number of nitrogens with zero attached hydrogens (tertiary/aromatic N) is 1. The van der Waals surface area contributed by atoms with E-state index in [1.54, 1.807) is 7.11 Å². The fraction of sp³-hybridized carbons (Fsp3) is 0.333. The maximum atomic E-state index is 9.16. The Hall–Kier alpha value is -2.86. The van der Waals surface area contributed by atoms with E-state index in [1.165, 1.54) is 16.7 Å². The molecule has 6 heteroatoms. The molecule has 2 aromatic carbocycles. The quantitative estimate of drug-likeness (QED) is 0.897. The molecule has 0 radical (unpaired) electrons. The monoisotopic (exact) mass is 367 g/mol. The second kappa shape index (κ2) is 6.39. The summed E-state index contributed by atoms with van der Waals surface area (Å²) < 4.78 is 22.4. The van der Waals surface area contributed by atoms with Crippen molar-refractivity contribution in [3.05, 3.63) is 52.7 Å². The normalized spacial score (nSPS) is 18.6. The summed E-state index contributed by atoms with van der Waals surface area (Å²) in [5.74, 6) is 3.06. The van der Waals surface area contributed by atoms with Crippen LogP contribution in [0.4, 0.5) is 0 Å². The molecule has 0 fully saturated rings. The summed E-state index contributed by atoms with van der Waals surface area (Å²) in [4.78, 5) is 2.32. The van der Waals surface area contributed by atoms with E-state index in [0.717, 1.165) is 35.8 Å². The van der Waals surface area contributed by atoms with Crippen LogP contribution >= 0.6 is 0 Å². The Morgan fingerprint density at radius 2 is 2.07 bits per heavy atom. The van der Waals surface area contributed by atoms with Gasteiger partial charge in [-0.2, -0.15) is 0 Å². The average Bonchev–Trinajstić information content (AvgIpc) is 3.16. The summed E-state index contributed by atoms with van der Waals surface area (Å²) in [5, 5.41) is 9.16. The maximum absolute atomic E-state index is 9.16. The molecule has 3 heterocycles. The standard InChI is InChI=1S/C21H21NO5/c1-24-18-3-2-13-8-17-15-10-20-19(26-12-27-20)9-14(15)4-5-22(17)11-16(13)21(18)25-7-6-23/h2-5,9-10,17,23H,6-8,11-12H2,1H3. The van der Waals surface area contributed by atoms with E-state index >= 15 is 0 Å². The van der Waals surface area contributed by atoms with Gasteiger partial charge in [0.15, 0.2) is 23.0 Å². The highest BCUT2D eigenvalue weighted by Gasteiger charge is 2.33. The van der Waals surface area contributed by atoms with Crippen molar-refractivity contribution in [3.8, 4) is 23.0 Å². The highest BCUT2D eigenvalue weighted by Crippen LogP contribution is 2.46. The smallest absolute Gasteiger partial charge is 0.231 e. The van der Waals surface area contributed by atoms with Crippen molar-refractivity contribution in [2.45, 2.75) is 19.0 Å². The minimum atomic E-state index is -0.0282. The molecule has 1 unspecified atom stereocenters. The number of rotatable bonds is 4. The summed E-state index contributed by atoms with van der Waals surface area (Å²) in [6, 6.07) is 8.47. The third-order valence-corrected chi connectivity index (χ3v) is 5.42. The lowest BCUT2D eigenvalue weighted by Crippen LogP contribution is -2.32. The van der Waals surface area contributed by atoms with Gasteiger partial charge in [0.1, 0.15) is 6.61 Å². The molecular formula is C21H21NO5. The topological polar surface area (TPSA) is 60.4 Å². The molecule has 1 atom stereocenters. The number of hydrogen-bond acceptors (Lipinski definition) is 6. The molecule has 140 valence electrons. The van der Waals surface area contributed by atoms with E-state index < -0.39 is 0 Å². The first-order valence-corrected chi connectivity index (χ1v) is 9.08. The van der Waals surface area contributed by atoms with Gasteiger partial charge in [0.05, 0.1) is 19.8 Å². The first-order chi connectivity index (χ1) is 13.3. The molecule has 5 rings (SSSR count). The predicted octanol–water partition coefficient (Wildman–Crippen LogP) is 2.88. The minimum absolute atomic E-state index is 0.0282. The SMILES string of the molecule is COc1ccc2c(c1OCCO)CN1C=Cc3cc4c(cc3C1C2)OCO4. The second-order valence-corrected chi connectivity index (χ2v) is 6.85. The zero-order valence-corrected chi connectivity index (χ0v) is 15.1. The van der Waals surface area contributed by atoms with Gasteiger partial charge >= 0.3 is 0 Å². The molecule has 0 saturated carbocycles. The Morgan fingerprint density at radius 3 is 2.89 bits per heavy atom. The fourth-order valence-corrected chi connectivity index (χ4v) is 4.12. The van der Waals surface area contributed by atoms with Crippen molar-refractivity contribution in [2.75, 3.05) is 27.1 Å². The van der Waals surface area contributed by atoms with Crippen LogP contribution in [0.1, 0.15) is 28.3 Å². The van der Waals surface area contributed by atoms with Crippen molar-refractivity contribution in [2.24, 2.45) is 0 Å². The minimum Gasteiger partial charge on any atom is -0.493 e. The van der Waals surface area contributed by atoms with Crippen LogP contribution in [0.25, 0.3) is 6.08 Å². The lowest BCUT2D eigenvalue weighted by molar-refractivity contribution is 0.173. The van der Waals surface area contributed by atoms with E-state index in [4.69, 9.17) is 24.1 Å². The molecule has 0 spiro atoms.